The molecular formula is C14H16N2O3. The molecule has 5 heteroatoms. The largest absolute Gasteiger partial charge is 0.493 e. The van der Waals surface area contributed by atoms with Crippen LogP contribution in [-0.2, 0) is 7.05 Å². The Labute approximate surface area is 111 Å². The quantitative estimate of drug-likeness (QED) is 0.911. The van der Waals surface area contributed by atoms with Crippen molar-refractivity contribution in [3.05, 3.63) is 40.7 Å². The topological polar surface area (TPSA) is 66.5 Å². The van der Waals surface area contributed by atoms with Crippen LogP contribution in [0.25, 0.3) is 11.1 Å². The van der Waals surface area contributed by atoms with E-state index in [4.69, 9.17) is 15.2 Å². The summed E-state index contributed by atoms with van der Waals surface area (Å²) in [5.41, 5.74) is 7.24. The summed E-state index contributed by atoms with van der Waals surface area (Å²) in [6, 6.07) is 8.75. The lowest BCUT2D eigenvalue weighted by atomic mass is 10.1. The number of nitrogen functional groups attached to an aromatic ring is 1. The summed E-state index contributed by atoms with van der Waals surface area (Å²) in [6.07, 6.45) is 0. The summed E-state index contributed by atoms with van der Waals surface area (Å²) in [6.45, 7) is 0. The molecule has 0 fully saturated rings. The van der Waals surface area contributed by atoms with Crippen LogP contribution in [-0.4, -0.2) is 18.8 Å². The number of nitrogens with two attached hydrogens (primary N) is 1. The van der Waals surface area contributed by atoms with Gasteiger partial charge in [-0.3, -0.25) is 9.36 Å². The van der Waals surface area contributed by atoms with Crippen LogP contribution < -0.4 is 20.8 Å². The van der Waals surface area contributed by atoms with Crippen LogP contribution in [0.3, 0.4) is 0 Å². The number of benzene rings is 1. The van der Waals surface area contributed by atoms with E-state index >= 15 is 0 Å². The highest BCUT2D eigenvalue weighted by molar-refractivity contribution is 5.69. The summed E-state index contributed by atoms with van der Waals surface area (Å²) >= 11 is 0. The average Bonchev–Trinajstić information content (AvgIpc) is 2.43. The second-order valence-electron chi connectivity index (χ2n) is 4.14. The Morgan fingerprint density at radius 3 is 2.26 bits per heavy atom. The lowest BCUT2D eigenvalue weighted by molar-refractivity contribution is 0.355. The van der Waals surface area contributed by atoms with Gasteiger partial charge in [0.15, 0.2) is 11.5 Å². The minimum Gasteiger partial charge on any atom is -0.493 e. The van der Waals surface area contributed by atoms with Gasteiger partial charge in [0.2, 0.25) is 0 Å². The third-order valence-electron chi connectivity index (χ3n) is 3.02. The molecular weight excluding hydrogens is 244 g/mol. The molecule has 0 unspecified atom stereocenters. The van der Waals surface area contributed by atoms with Gasteiger partial charge in [0, 0.05) is 13.1 Å². The van der Waals surface area contributed by atoms with Gasteiger partial charge in [-0.1, -0.05) is 6.07 Å². The Kier molecular flexibility index (Phi) is 3.46. The lowest BCUT2D eigenvalue weighted by Crippen LogP contribution is -2.18. The number of hydrogen-bond donors (Lipinski definition) is 1. The number of methoxy groups -OCH3 is 2. The van der Waals surface area contributed by atoms with Gasteiger partial charge in [-0.05, 0) is 29.3 Å². The van der Waals surface area contributed by atoms with E-state index < -0.39 is 0 Å². The first-order valence-corrected chi connectivity index (χ1v) is 5.75. The van der Waals surface area contributed by atoms with E-state index in [-0.39, 0.29) is 5.56 Å². The predicted molar refractivity (Wildman–Crippen MR) is 74.6 cm³/mol. The zero-order valence-corrected chi connectivity index (χ0v) is 11.1. The van der Waals surface area contributed by atoms with Crippen LogP contribution >= 0.6 is 0 Å². The molecule has 1 heterocycles. The lowest BCUT2D eigenvalue weighted by Gasteiger charge is -2.11. The Hall–Kier alpha value is -2.43. The van der Waals surface area contributed by atoms with Crippen LogP contribution in [0.1, 0.15) is 0 Å². The van der Waals surface area contributed by atoms with Gasteiger partial charge in [0.05, 0.1) is 14.2 Å². The molecule has 1 aromatic carbocycles. The average molecular weight is 260 g/mol. The molecule has 1 aromatic heterocycles. The van der Waals surface area contributed by atoms with Gasteiger partial charge in [-0.15, -0.1) is 0 Å². The summed E-state index contributed by atoms with van der Waals surface area (Å²) in [5.74, 6) is 1.67. The minimum absolute atomic E-state index is 0.148. The summed E-state index contributed by atoms with van der Waals surface area (Å²) in [4.78, 5) is 11.7. The van der Waals surface area contributed by atoms with Gasteiger partial charge < -0.3 is 15.2 Å². The SMILES string of the molecule is COc1ccc(-c2cc(N)n(C)c(=O)c2)cc1OC. The molecule has 0 aliphatic carbocycles. The number of aromatic nitrogens is 1. The first-order valence-electron chi connectivity index (χ1n) is 5.75. The molecule has 0 saturated carbocycles. The Morgan fingerprint density at radius 2 is 1.68 bits per heavy atom. The zero-order chi connectivity index (χ0) is 14.0. The number of pyridine rings is 1. The molecule has 0 atom stereocenters. The van der Waals surface area contributed by atoms with Gasteiger partial charge in [0.1, 0.15) is 5.82 Å². The van der Waals surface area contributed by atoms with Crippen molar-refractivity contribution in [2.45, 2.75) is 0 Å². The molecule has 0 spiro atoms. The van der Waals surface area contributed by atoms with Gasteiger partial charge in [-0.2, -0.15) is 0 Å². The standard InChI is InChI=1S/C14H16N2O3/c1-16-13(15)7-10(8-14(16)17)9-4-5-11(18-2)12(6-9)19-3/h4-8H,15H2,1-3H3. The number of hydrogen-bond acceptors (Lipinski definition) is 4. The van der Waals surface area contributed by atoms with Crippen LogP contribution in [0.15, 0.2) is 35.1 Å². The van der Waals surface area contributed by atoms with Crippen molar-refractivity contribution < 1.29 is 9.47 Å². The van der Waals surface area contributed by atoms with Crippen LogP contribution in [0.4, 0.5) is 5.82 Å². The molecule has 0 saturated heterocycles. The summed E-state index contributed by atoms with van der Waals surface area (Å²) in [5, 5.41) is 0. The molecule has 0 aliphatic rings. The fourth-order valence-electron chi connectivity index (χ4n) is 1.84. The normalized spacial score (nSPS) is 10.3. The van der Waals surface area contributed by atoms with Crippen LogP contribution in [0.5, 0.6) is 11.5 Å². The maximum Gasteiger partial charge on any atom is 0.252 e. The number of anilines is 1. The van der Waals surface area contributed by atoms with Gasteiger partial charge in [-0.25, -0.2) is 0 Å². The predicted octanol–water partition coefficient (Wildman–Crippen LogP) is 1.65. The third kappa shape index (κ3) is 2.40. The number of ether oxygens (including phenoxy) is 2. The van der Waals surface area contributed by atoms with Crippen LogP contribution in [0.2, 0.25) is 0 Å². The van der Waals surface area contributed by atoms with Crippen molar-refractivity contribution in [2.75, 3.05) is 20.0 Å². The minimum atomic E-state index is -0.148. The third-order valence-corrected chi connectivity index (χ3v) is 3.02. The second-order valence-corrected chi connectivity index (χ2v) is 4.14. The monoisotopic (exact) mass is 260 g/mol. The van der Waals surface area contributed by atoms with E-state index in [0.717, 1.165) is 11.1 Å². The second kappa shape index (κ2) is 5.06. The summed E-state index contributed by atoms with van der Waals surface area (Å²) in [7, 11) is 4.78. The first kappa shape index (κ1) is 13.0. The molecule has 2 N–H and O–H groups in total. The Bertz CT molecular complexity index is 662. The van der Waals surface area contributed by atoms with Crippen LogP contribution in [0, 0.1) is 0 Å². The van der Waals surface area contributed by atoms with Crippen molar-refractivity contribution in [3.8, 4) is 22.6 Å². The van der Waals surface area contributed by atoms with E-state index in [0.29, 0.717) is 17.3 Å². The maximum atomic E-state index is 11.7. The Morgan fingerprint density at radius 1 is 1.00 bits per heavy atom. The van der Waals surface area contributed by atoms with E-state index in [1.54, 1.807) is 33.4 Å². The highest BCUT2D eigenvalue weighted by atomic mass is 16.5. The molecule has 0 amide bonds. The molecule has 0 bridgehead atoms. The highest BCUT2D eigenvalue weighted by Gasteiger charge is 2.08. The molecule has 0 aliphatic heterocycles. The fourth-order valence-corrected chi connectivity index (χ4v) is 1.84. The van der Waals surface area contributed by atoms with Crippen molar-refractivity contribution in [1.82, 2.24) is 4.57 Å². The molecule has 19 heavy (non-hydrogen) atoms. The molecule has 2 aromatic rings. The number of rotatable bonds is 3. The molecule has 2 rings (SSSR count). The molecule has 100 valence electrons. The molecule has 0 radical (unpaired) electrons. The van der Waals surface area contributed by atoms with E-state index in [2.05, 4.69) is 0 Å². The first-order chi connectivity index (χ1) is 9.06. The van der Waals surface area contributed by atoms with Crippen molar-refractivity contribution >= 4 is 5.82 Å². The summed E-state index contributed by atoms with van der Waals surface area (Å²) < 4.78 is 11.8. The van der Waals surface area contributed by atoms with Crippen molar-refractivity contribution in [2.24, 2.45) is 7.05 Å². The van der Waals surface area contributed by atoms with Gasteiger partial charge in [0.25, 0.3) is 5.56 Å². The fraction of sp³-hybridized carbons (Fsp3) is 0.214. The van der Waals surface area contributed by atoms with Gasteiger partial charge >= 0.3 is 0 Å². The van der Waals surface area contributed by atoms with Crippen molar-refractivity contribution in [1.29, 1.82) is 0 Å². The van der Waals surface area contributed by atoms with E-state index in [1.165, 1.54) is 10.6 Å². The van der Waals surface area contributed by atoms with E-state index in [1.807, 2.05) is 12.1 Å². The molecule has 5 nitrogen and oxygen atoms in total. The number of nitrogens with zero attached hydrogens (tertiary/aromatic N) is 1. The Balaban J connectivity index is 2.56. The van der Waals surface area contributed by atoms with E-state index in [9.17, 15) is 4.79 Å². The highest BCUT2D eigenvalue weighted by Crippen LogP contribution is 2.32. The maximum absolute atomic E-state index is 11.7. The van der Waals surface area contributed by atoms with Crippen molar-refractivity contribution in [3.63, 3.8) is 0 Å². The zero-order valence-electron chi connectivity index (χ0n) is 11.1. The smallest absolute Gasteiger partial charge is 0.252 e.